The second-order valence-electron chi connectivity index (χ2n) is 20.5. The maximum atomic E-state index is 12.9. The highest BCUT2D eigenvalue weighted by molar-refractivity contribution is 5.71. The molecule has 460 valence electrons. The van der Waals surface area contributed by atoms with Crippen LogP contribution in [0.3, 0.4) is 0 Å². The second kappa shape index (κ2) is 68.5. The number of unbranched alkanes of at least 4 members (excludes halogenated alkanes) is 11. The Morgan fingerprint density at radius 2 is 0.446 bits per heavy atom. The summed E-state index contributed by atoms with van der Waals surface area (Å²) in [5, 5.41) is 0. The zero-order chi connectivity index (χ0) is 59.9. The summed E-state index contributed by atoms with van der Waals surface area (Å²) in [5.74, 6) is -1.04. The molecule has 0 aliphatic rings. The largest absolute Gasteiger partial charge is 0.462 e. The maximum absolute atomic E-state index is 12.9. The third-order valence-electron chi connectivity index (χ3n) is 12.8. The van der Waals surface area contributed by atoms with Gasteiger partial charge in [0, 0.05) is 19.3 Å². The number of ether oxygens (including phenoxy) is 3. The quantitative estimate of drug-likeness (QED) is 0.0261. The van der Waals surface area contributed by atoms with E-state index in [-0.39, 0.29) is 44.0 Å². The first-order chi connectivity index (χ1) is 41.0. The molecule has 0 saturated heterocycles. The van der Waals surface area contributed by atoms with Crippen LogP contribution < -0.4 is 0 Å². The SMILES string of the molecule is CC/C=C\C/C=C\C/C=C\C/C=C\C/C=C\C/C=C\C/C=C\C/C=C\C/C=C\CCCC(=O)OCC(COC(=O)CCCCC/C=C\C/C=C\C/C=C\CC)OC(=O)CCCCCCCCC/C=C\C/C=C\C/C=C\C/C=C\C/C=C\CC. The molecule has 0 aliphatic heterocycles. The molecule has 6 nitrogen and oxygen atoms in total. The molecule has 1 unspecified atom stereocenters. The standard InChI is InChI=1S/C77H116O6/c1-4-7-10-13-16-19-22-25-27-29-31-33-35-36-37-38-39-40-42-43-45-47-49-52-55-58-61-64-67-70-76(79)82-73-74(72-81-75(78)69-66-63-60-57-54-51-24-21-18-15-12-9-6-3)83-77(80)71-68-65-62-59-56-53-50-48-46-44-41-34-32-30-28-26-23-20-17-14-11-8-5-2/h7-12,16-21,25-28,31-34,36-37,39-40,43-46,49,51-52,54,58,61,74H,4-6,13-15,22-24,29-30,35,38,41-42,47-48,50,53,55-57,59-60,62-73H2,1-3H3/b10-7-,11-8-,12-9-,19-16-,20-17-,21-18-,27-25-,28-26-,33-31-,34-32-,37-36-,40-39-,45-43-,46-44-,52-49-,54-51-,61-58-. The molecule has 0 aliphatic carbocycles. The van der Waals surface area contributed by atoms with Crippen molar-refractivity contribution in [2.45, 2.75) is 245 Å². The molecule has 6 heteroatoms. The van der Waals surface area contributed by atoms with Crippen LogP contribution in [0, 0.1) is 0 Å². The second-order valence-corrected chi connectivity index (χ2v) is 20.5. The van der Waals surface area contributed by atoms with Crippen LogP contribution in [0.25, 0.3) is 0 Å². The fourth-order valence-corrected chi connectivity index (χ4v) is 8.01. The maximum Gasteiger partial charge on any atom is 0.306 e. The van der Waals surface area contributed by atoms with E-state index in [1.807, 2.05) is 0 Å². The van der Waals surface area contributed by atoms with Gasteiger partial charge in [0.05, 0.1) is 0 Å². The van der Waals surface area contributed by atoms with Gasteiger partial charge in [-0.05, 0) is 161 Å². The Balaban J connectivity index is 4.52. The molecule has 0 heterocycles. The lowest BCUT2D eigenvalue weighted by atomic mass is 10.1. The molecule has 0 saturated carbocycles. The van der Waals surface area contributed by atoms with Crippen LogP contribution in [-0.2, 0) is 28.6 Å². The van der Waals surface area contributed by atoms with E-state index in [4.69, 9.17) is 14.2 Å². The minimum atomic E-state index is -0.835. The lowest BCUT2D eigenvalue weighted by Crippen LogP contribution is -2.30. The molecule has 0 bridgehead atoms. The summed E-state index contributed by atoms with van der Waals surface area (Å²) >= 11 is 0. The molecule has 0 amide bonds. The highest BCUT2D eigenvalue weighted by atomic mass is 16.6. The molecule has 0 aromatic heterocycles. The smallest absolute Gasteiger partial charge is 0.306 e. The van der Waals surface area contributed by atoms with Gasteiger partial charge in [0.25, 0.3) is 0 Å². The summed E-state index contributed by atoms with van der Waals surface area (Å²) in [7, 11) is 0. The van der Waals surface area contributed by atoms with Gasteiger partial charge in [-0.2, -0.15) is 0 Å². The van der Waals surface area contributed by atoms with E-state index in [1.54, 1.807) is 0 Å². The van der Waals surface area contributed by atoms with Crippen LogP contribution >= 0.6 is 0 Å². The van der Waals surface area contributed by atoms with Gasteiger partial charge in [0.1, 0.15) is 13.2 Å². The number of hydrogen-bond donors (Lipinski definition) is 0. The lowest BCUT2D eigenvalue weighted by molar-refractivity contribution is -0.167. The summed E-state index contributed by atoms with van der Waals surface area (Å²) < 4.78 is 16.8. The van der Waals surface area contributed by atoms with Gasteiger partial charge >= 0.3 is 17.9 Å². The van der Waals surface area contributed by atoms with Crippen LogP contribution in [0.5, 0.6) is 0 Å². The number of rotatable bonds is 56. The Labute approximate surface area is 509 Å². The van der Waals surface area contributed by atoms with E-state index >= 15 is 0 Å². The molecule has 1 atom stereocenters. The fourth-order valence-electron chi connectivity index (χ4n) is 8.01. The fraction of sp³-hybridized carbons (Fsp3) is 0.519. The van der Waals surface area contributed by atoms with E-state index in [2.05, 4.69) is 227 Å². The van der Waals surface area contributed by atoms with Gasteiger partial charge in [-0.1, -0.05) is 266 Å². The normalized spacial score (nSPS) is 13.5. The molecule has 0 aromatic carbocycles. The summed E-state index contributed by atoms with van der Waals surface area (Å²) in [5.41, 5.74) is 0. The topological polar surface area (TPSA) is 78.9 Å². The van der Waals surface area contributed by atoms with Gasteiger partial charge in [0.15, 0.2) is 6.10 Å². The molecule has 0 aromatic rings. The highest BCUT2D eigenvalue weighted by Gasteiger charge is 2.19. The first-order valence-electron chi connectivity index (χ1n) is 32.6. The predicted octanol–water partition coefficient (Wildman–Crippen LogP) is 22.8. The average molecular weight is 1140 g/mol. The number of esters is 3. The third-order valence-corrected chi connectivity index (χ3v) is 12.8. The molecule has 0 radical (unpaired) electrons. The lowest BCUT2D eigenvalue weighted by Gasteiger charge is -2.18. The molecule has 0 rings (SSSR count). The number of hydrogen-bond acceptors (Lipinski definition) is 6. The molecule has 0 N–H and O–H groups in total. The van der Waals surface area contributed by atoms with Crippen molar-refractivity contribution in [1.82, 2.24) is 0 Å². The van der Waals surface area contributed by atoms with E-state index < -0.39 is 6.10 Å². The first kappa shape index (κ1) is 77.0. The summed E-state index contributed by atoms with van der Waals surface area (Å²) in [6.07, 6.45) is 106. The Morgan fingerprint density at radius 3 is 0.735 bits per heavy atom. The van der Waals surface area contributed by atoms with Crippen molar-refractivity contribution in [2.24, 2.45) is 0 Å². The van der Waals surface area contributed by atoms with Gasteiger partial charge in [-0.25, -0.2) is 0 Å². The Hall–Kier alpha value is -6.01. The molecule has 0 spiro atoms. The monoisotopic (exact) mass is 1140 g/mol. The van der Waals surface area contributed by atoms with Crippen molar-refractivity contribution in [3.8, 4) is 0 Å². The molecule has 0 fully saturated rings. The van der Waals surface area contributed by atoms with Gasteiger partial charge in [-0.3, -0.25) is 14.4 Å². The number of carbonyl (C=O) groups excluding carboxylic acids is 3. The zero-order valence-corrected chi connectivity index (χ0v) is 52.6. The van der Waals surface area contributed by atoms with Crippen molar-refractivity contribution in [2.75, 3.05) is 13.2 Å². The van der Waals surface area contributed by atoms with Crippen LogP contribution in [0.4, 0.5) is 0 Å². The van der Waals surface area contributed by atoms with Crippen molar-refractivity contribution in [1.29, 1.82) is 0 Å². The van der Waals surface area contributed by atoms with Gasteiger partial charge < -0.3 is 14.2 Å². The molecule has 83 heavy (non-hydrogen) atoms. The van der Waals surface area contributed by atoms with Crippen molar-refractivity contribution in [3.05, 3.63) is 207 Å². The first-order valence-corrected chi connectivity index (χ1v) is 32.6. The van der Waals surface area contributed by atoms with E-state index in [0.717, 1.165) is 173 Å². The zero-order valence-electron chi connectivity index (χ0n) is 52.6. The molecular weight excluding hydrogens is 1020 g/mol. The van der Waals surface area contributed by atoms with E-state index in [1.165, 1.54) is 19.3 Å². The van der Waals surface area contributed by atoms with Gasteiger partial charge in [-0.15, -0.1) is 0 Å². The van der Waals surface area contributed by atoms with E-state index in [9.17, 15) is 14.4 Å². The Morgan fingerprint density at radius 1 is 0.241 bits per heavy atom. The average Bonchev–Trinajstić information content (AvgIpc) is 3.49. The Kier molecular flexibility index (Phi) is 63.5. The van der Waals surface area contributed by atoms with Crippen LogP contribution in [0.2, 0.25) is 0 Å². The summed E-state index contributed by atoms with van der Waals surface area (Å²) in [6.45, 7) is 6.20. The molecular formula is C77H116O6. The summed E-state index contributed by atoms with van der Waals surface area (Å²) in [6, 6.07) is 0. The Bertz CT molecular complexity index is 2030. The van der Waals surface area contributed by atoms with Crippen LogP contribution in [0.1, 0.15) is 239 Å². The van der Waals surface area contributed by atoms with Crippen molar-refractivity contribution in [3.63, 3.8) is 0 Å². The number of carbonyl (C=O) groups is 3. The van der Waals surface area contributed by atoms with E-state index in [0.29, 0.717) is 12.8 Å². The van der Waals surface area contributed by atoms with Crippen molar-refractivity contribution >= 4 is 17.9 Å². The minimum absolute atomic E-state index is 0.127. The number of allylic oxidation sites excluding steroid dienone is 34. The highest BCUT2D eigenvalue weighted by Crippen LogP contribution is 2.13. The van der Waals surface area contributed by atoms with Crippen molar-refractivity contribution < 1.29 is 28.6 Å². The predicted molar refractivity (Wildman–Crippen MR) is 361 cm³/mol. The summed E-state index contributed by atoms with van der Waals surface area (Å²) in [4.78, 5) is 38.3. The van der Waals surface area contributed by atoms with Gasteiger partial charge in [0.2, 0.25) is 0 Å². The minimum Gasteiger partial charge on any atom is -0.462 e. The van der Waals surface area contributed by atoms with Crippen LogP contribution in [-0.4, -0.2) is 37.2 Å². The van der Waals surface area contributed by atoms with Crippen LogP contribution in [0.15, 0.2) is 207 Å². The third kappa shape index (κ3) is 66.7.